The summed E-state index contributed by atoms with van der Waals surface area (Å²) in [5.74, 6) is 1.89. The predicted molar refractivity (Wildman–Crippen MR) is 112 cm³/mol. The molecular weight excluding hydrogens is 352 g/mol. The predicted octanol–water partition coefficient (Wildman–Crippen LogP) is 1.49. The maximum atomic E-state index is 12.0. The number of guanidine groups is 1. The normalized spacial score (nSPS) is 14.7. The fourth-order valence-corrected chi connectivity index (χ4v) is 3.19. The quantitative estimate of drug-likeness (QED) is 0.587. The Labute approximate surface area is 166 Å². The van der Waals surface area contributed by atoms with Crippen LogP contribution in [0, 0.1) is 0 Å². The molecule has 0 unspecified atom stereocenters. The van der Waals surface area contributed by atoms with Gasteiger partial charge in [-0.2, -0.15) is 0 Å². The van der Waals surface area contributed by atoms with Crippen molar-refractivity contribution in [3.63, 3.8) is 0 Å². The van der Waals surface area contributed by atoms with E-state index < -0.39 is 0 Å². The van der Waals surface area contributed by atoms with Crippen molar-refractivity contribution in [2.24, 2.45) is 4.99 Å². The van der Waals surface area contributed by atoms with Gasteiger partial charge in [0.1, 0.15) is 5.82 Å². The van der Waals surface area contributed by atoms with Gasteiger partial charge in [0.25, 0.3) is 0 Å². The van der Waals surface area contributed by atoms with Crippen LogP contribution in [0.4, 0.5) is 5.82 Å². The van der Waals surface area contributed by atoms with E-state index >= 15 is 0 Å². The number of carbonyl (C=O) groups excluding carboxylic acids is 1. The maximum absolute atomic E-state index is 12.0. The van der Waals surface area contributed by atoms with Gasteiger partial charge in [0.05, 0.1) is 0 Å². The molecule has 148 valence electrons. The van der Waals surface area contributed by atoms with Gasteiger partial charge >= 0.3 is 0 Å². The number of carbonyl (C=O) groups is 1. The van der Waals surface area contributed by atoms with E-state index in [1.165, 1.54) is 0 Å². The van der Waals surface area contributed by atoms with Crippen molar-refractivity contribution < 1.29 is 4.79 Å². The third-order valence-electron chi connectivity index (χ3n) is 4.73. The molecule has 28 heavy (non-hydrogen) atoms. The molecule has 0 radical (unpaired) electrons. The summed E-state index contributed by atoms with van der Waals surface area (Å²) in [6, 6.07) is 15.9. The monoisotopic (exact) mass is 380 g/mol. The van der Waals surface area contributed by atoms with Crippen LogP contribution in [0.15, 0.2) is 59.7 Å². The second kappa shape index (κ2) is 10.3. The number of pyridine rings is 1. The van der Waals surface area contributed by atoms with Crippen LogP contribution in [0.3, 0.4) is 0 Å². The van der Waals surface area contributed by atoms with Crippen molar-refractivity contribution in [1.29, 1.82) is 0 Å². The number of hydrogen-bond acceptors (Lipinski definition) is 4. The highest BCUT2D eigenvalue weighted by molar-refractivity contribution is 5.81. The molecule has 0 bridgehead atoms. The zero-order valence-corrected chi connectivity index (χ0v) is 16.3. The van der Waals surface area contributed by atoms with Crippen molar-refractivity contribution in [3.05, 3.63) is 60.3 Å². The zero-order chi connectivity index (χ0) is 19.6. The van der Waals surface area contributed by atoms with E-state index in [0.717, 1.165) is 43.5 Å². The molecule has 1 aromatic heterocycles. The smallest absolute Gasteiger partial charge is 0.222 e. The highest BCUT2D eigenvalue weighted by atomic mass is 16.1. The summed E-state index contributed by atoms with van der Waals surface area (Å²) in [4.78, 5) is 25.3. The fourth-order valence-electron chi connectivity index (χ4n) is 3.19. The maximum Gasteiger partial charge on any atom is 0.222 e. The Hall–Kier alpha value is -3.09. The second-order valence-corrected chi connectivity index (χ2v) is 6.65. The summed E-state index contributed by atoms with van der Waals surface area (Å²) >= 11 is 0. The number of nitrogens with one attached hydrogen (secondary N) is 2. The Bertz CT molecular complexity index is 757. The van der Waals surface area contributed by atoms with Crippen LogP contribution < -0.4 is 15.5 Å². The van der Waals surface area contributed by atoms with Gasteiger partial charge in [-0.25, -0.2) is 4.98 Å². The van der Waals surface area contributed by atoms with E-state index in [0.29, 0.717) is 19.5 Å². The lowest BCUT2D eigenvalue weighted by Gasteiger charge is -2.37. The van der Waals surface area contributed by atoms with E-state index in [-0.39, 0.29) is 5.91 Å². The first kappa shape index (κ1) is 19.7. The van der Waals surface area contributed by atoms with Gasteiger partial charge < -0.3 is 20.4 Å². The molecule has 0 atom stereocenters. The first-order chi connectivity index (χ1) is 13.8. The minimum Gasteiger partial charge on any atom is -0.356 e. The van der Waals surface area contributed by atoms with Gasteiger partial charge in [0.15, 0.2) is 5.96 Å². The van der Waals surface area contributed by atoms with Crippen molar-refractivity contribution in [1.82, 2.24) is 20.5 Å². The third-order valence-corrected chi connectivity index (χ3v) is 4.73. The van der Waals surface area contributed by atoms with Gasteiger partial charge in [-0.3, -0.25) is 9.79 Å². The summed E-state index contributed by atoms with van der Waals surface area (Å²) in [5.41, 5.74) is 1.10. The van der Waals surface area contributed by atoms with Crippen molar-refractivity contribution in [2.45, 2.75) is 13.0 Å². The van der Waals surface area contributed by atoms with Crippen LogP contribution in [-0.4, -0.2) is 61.5 Å². The number of benzene rings is 1. The number of rotatable bonds is 6. The van der Waals surface area contributed by atoms with E-state index in [1.54, 1.807) is 7.05 Å². The van der Waals surface area contributed by atoms with E-state index in [1.807, 2.05) is 54.7 Å². The Kier molecular flexibility index (Phi) is 7.23. The van der Waals surface area contributed by atoms with Crippen LogP contribution in [0.5, 0.6) is 0 Å². The molecular formula is C21H28N6O. The van der Waals surface area contributed by atoms with Crippen LogP contribution >= 0.6 is 0 Å². The van der Waals surface area contributed by atoms with Crippen molar-refractivity contribution in [2.75, 3.05) is 44.7 Å². The Morgan fingerprint density at radius 1 is 1.04 bits per heavy atom. The Balaban J connectivity index is 1.37. The number of piperazine rings is 1. The molecule has 7 nitrogen and oxygen atoms in total. The van der Waals surface area contributed by atoms with E-state index in [2.05, 4.69) is 30.4 Å². The van der Waals surface area contributed by atoms with Gasteiger partial charge in [-0.1, -0.05) is 36.4 Å². The molecule has 3 rings (SSSR count). The standard InChI is InChI=1S/C21H28N6O/c1-22-21(24-12-10-20(28)25-17-18-7-3-2-4-8-18)27-15-13-26(14-16-27)19-9-5-6-11-23-19/h2-9,11H,10,12-17H2,1H3,(H,22,24)(H,25,28). The third kappa shape index (κ3) is 5.70. The SMILES string of the molecule is CN=C(NCCC(=O)NCc1ccccc1)N1CCN(c2ccccn2)CC1. The van der Waals surface area contributed by atoms with Crippen molar-refractivity contribution >= 4 is 17.7 Å². The lowest BCUT2D eigenvalue weighted by Crippen LogP contribution is -2.53. The number of aliphatic imine (C=N–C) groups is 1. The molecule has 1 fully saturated rings. The molecule has 1 amide bonds. The molecule has 2 heterocycles. The molecule has 1 aliphatic rings. The summed E-state index contributed by atoms with van der Waals surface area (Å²) in [6.45, 7) is 4.66. The second-order valence-electron chi connectivity index (χ2n) is 6.65. The van der Waals surface area contributed by atoms with Gasteiger partial charge in [-0.05, 0) is 17.7 Å². The lowest BCUT2D eigenvalue weighted by atomic mass is 10.2. The van der Waals surface area contributed by atoms with Gasteiger partial charge in [0, 0.05) is 58.9 Å². The van der Waals surface area contributed by atoms with Gasteiger partial charge in [-0.15, -0.1) is 0 Å². The number of anilines is 1. The summed E-state index contributed by atoms with van der Waals surface area (Å²) in [6.07, 6.45) is 2.24. The Morgan fingerprint density at radius 3 is 2.46 bits per heavy atom. The molecule has 0 saturated carbocycles. The fraction of sp³-hybridized carbons (Fsp3) is 0.381. The molecule has 0 aliphatic carbocycles. The molecule has 1 saturated heterocycles. The number of nitrogens with zero attached hydrogens (tertiary/aromatic N) is 4. The highest BCUT2D eigenvalue weighted by Gasteiger charge is 2.20. The zero-order valence-electron chi connectivity index (χ0n) is 16.3. The number of amides is 1. The number of hydrogen-bond donors (Lipinski definition) is 2. The molecule has 2 aromatic rings. The molecule has 7 heteroatoms. The first-order valence-electron chi connectivity index (χ1n) is 9.68. The van der Waals surface area contributed by atoms with Crippen LogP contribution in [0.25, 0.3) is 0 Å². The summed E-state index contributed by atoms with van der Waals surface area (Å²) in [5, 5.41) is 6.25. The average Bonchev–Trinajstić information content (AvgIpc) is 2.77. The summed E-state index contributed by atoms with van der Waals surface area (Å²) in [7, 11) is 1.78. The van der Waals surface area contributed by atoms with Crippen LogP contribution in [0.2, 0.25) is 0 Å². The largest absolute Gasteiger partial charge is 0.356 e. The highest BCUT2D eigenvalue weighted by Crippen LogP contribution is 2.12. The summed E-state index contributed by atoms with van der Waals surface area (Å²) < 4.78 is 0. The van der Waals surface area contributed by atoms with E-state index in [4.69, 9.17) is 0 Å². The van der Waals surface area contributed by atoms with E-state index in [9.17, 15) is 4.79 Å². The molecule has 1 aromatic carbocycles. The molecule has 2 N–H and O–H groups in total. The topological polar surface area (TPSA) is 72.9 Å². The van der Waals surface area contributed by atoms with Crippen LogP contribution in [0.1, 0.15) is 12.0 Å². The average molecular weight is 380 g/mol. The van der Waals surface area contributed by atoms with Gasteiger partial charge in [0.2, 0.25) is 5.91 Å². The Morgan fingerprint density at radius 2 is 1.79 bits per heavy atom. The lowest BCUT2D eigenvalue weighted by molar-refractivity contribution is -0.121. The minimum absolute atomic E-state index is 0.0341. The van der Waals surface area contributed by atoms with Crippen molar-refractivity contribution in [3.8, 4) is 0 Å². The number of aromatic nitrogens is 1. The first-order valence-corrected chi connectivity index (χ1v) is 9.68. The minimum atomic E-state index is 0.0341. The molecule has 0 spiro atoms. The molecule has 1 aliphatic heterocycles. The van der Waals surface area contributed by atoms with Crippen LogP contribution in [-0.2, 0) is 11.3 Å².